The molecule has 1 rings (SSSR count). The van der Waals surface area contributed by atoms with Gasteiger partial charge in [-0.3, -0.25) is 4.79 Å². The van der Waals surface area contributed by atoms with Crippen molar-refractivity contribution in [2.75, 3.05) is 0 Å². The van der Waals surface area contributed by atoms with Gasteiger partial charge in [-0.15, -0.1) is 0 Å². The summed E-state index contributed by atoms with van der Waals surface area (Å²) in [5.74, 6) is 2.58. The van der Waals surface area contributed by atoms with Crippen LogP contribution in [0.3, 0.4) is 0 Å². The number of carbonyl (C=O) groups excluding carboxylic acids is 1. The molecule has 0 aliphatic heterocycles. The van der Waals surface area contributed by atoms with E-state index >= 15 is 0 Å². The molecule has 0 aromatic heterocycles. The van der Waals surface area contributed by atoms with E-state index in [1.54, 1.807) is 0 Å². The summed E-state index contributed by atoms with van der Waals surface area (Å²) >= 11 is 0. The van der Waals surface area contributed by atoms with Crippen molar-refractivity contribution in [1.29, 1.82) is 0 Å². The summed E-state index contributed by atoms with van der Waals surface area (Å²) in [6.07, 6.45) is 17.4. The van der Waals surface area contributed by atoms with Gasteiger partial charge in [0.05, 0.1) is 0 Å². The van der Waals surface area contributed by atoms with Crippen LogP contribution in [0.5, 0.6) is 0 Å². The smallest absolute Gasteiger partial charge is 0.138 e. The Labute approximate surface area is 139 Å². The number of Topliss-reactive ketones (excluding diaryl/α,β-unsaturated/α-hetero) is 1. The highest BCUT2D eigenvalue weighted by molar-refractivity contribution is 5.83. The SMILES string of the molecule is CCCCCCC1CC1CCCCCCCC(=O)C(C)(C)C. The summed E-state index contributed by atoms with van der Waals surface area (Å²) in [7, 11) is 0. The molecule has 1 fully saturated rings. The maximum atomic E-state index is 11.8. The zero-order valence-electron chi connectivity index (χ0n) is 15.8. The van der Waals surface area contributed by atoms with Gasteiger partial charge in [-0.05, 0) is 24.7 Å². The molecule has 0 bridgehead atoms. The summed E-state index contributed by atoms with van der Waals surface area (Å²) in [6, 6.07) is 0. The maximum Gasteiger partial charge on any atom is 0.138 e. The van der Waals surface area contributed by atoms with Crippen molar-refractivity contribution < 1.29 is 4.79 Å². The van der Waals surface area contributed by atoms with Crippen LogP contribution in [0.4, 0.5) is 0 Å². The van der Waals surface area contributed by atoms with Crippen molar-refractivity contribution in [3.05, 3.63) is 0 Å². The van der Waals surface area contributed by atoms with E-state index in [1.807, 2.05) is 20.8 Å². The van der Waals surface area contributed by atoms with Gasteiger partial charge in [-0.25, -0.2) is 0 Å². The predicted molar refractivity (Wildman–Crippen MR) is 97.1 cm³/mol. The molecule has 0 spiro atoms. The lowest BCUT2D eigenvalue weighted by molar-refractivity contribution is -0.126. The van der Waals surface area contributed by atoms with E-state index in [1.165, 1.54) is 70.6 Å². The molecule has 1 saturated carbocycles. The molecule has 1 aliphatic rings. The highest BCUT2D eigenvalue weighted by atomic mass is 16.1. The highest BCUT2D eigenvalue weighted by Crippen LogP contribution is 2.45. The molecular weight excluding hydrogens is 268 g/mol. The van der Waals surface area contributed by atoms with Crippen molar-refractivity contribution in [3.8, 4) is 0 Å². The van der Waals surface area contributed by atoms with E-state index < -0.39 is 0 Å². The minimum Gasteiger partial charge on any atom is -0.299 e. The topological polar surface area (TPSA) is 17.1 Å². The molecule has 1 nitrogen and oxygen atoms in total. The Morgan fingerprint density at radius 1 is 0.818 bits per heavy atom. The Balaban J connectivity index is 1.84. The van der Waals surface area contributed by atoms with Crippen LogP contribution in [-0.2, 0) is 4.79 Å². The van der Waals surface area contributed by atoms with Crippen LogP contribution in [0.2, 0.25) is 0 Å². The molecule has 22 heavy (non-hydrogen) atoms. The normalized spacial score (nSPS) is 21.1. The molecule has 0 aromatic carbocycles. The lowest BCUT2D eigenvalue weighted by Crippen LogP contribution is -2.19. The van der Waals surface area contributed by atoms with Crippen LogP contribution in [0.15, 0.2) is 0 Å². The molecule has 0 aromatic rings. The molecule has 0 heterocycles. The fraction of sp³-hybridized carbons (Fsp3) is 0.952. The van der Waals surface area contributed by atoms with Gasteiger partial charge in [0.25, 0.3) is 0 Å². The average molecular weight is 309 g/mol. The van der Waals surface area contributed by atoms with Crippen molar-refractivity contribution in [2.45, 2.75) is 111 Å². The summed E-state index contributed by atoms with van der Waals surface area (Å²) < 4.78 is 0. The second-order valence-corrected chi connectivity index (χ2v) is 8.58. The van der Waals surface area contributed by atoms with Gasteiger partial charge in [0.1, 0.15) is 5.78 Å². The third kappa shape index (κ3) is 8.96. The van der Waals surface area contributed by atoms with Gasteiger partial charge in [0, 0.05) is 11.8 Å². The summed E-state index contributed by atoms with van der Waals surface area (Å²) in [4.78, 5) is 11.8. The van der Waals surface area contributed by atoms with Gasteiger partial charge in [0.2, 0.25) is 0 Å². The van der Waals surface area contributed by atoms with Crippen molar-refractivity contribution >= 4 is 5.78 Å². The van der Waals surface area contributed by atoms with E-state index in [9.17, 15) is 4.79 Å². The third-order valence-electron chi connectivity index (χ3n) is 5.31. The zero-order valence-corrected chi connectivity index (χ0v) is 15.8. The van der Waals surface area contributed by atoms with E-state index in [0.29, 0.717) is 5.78 Å². The first-order valence-electron chi connectivity index (χ1n) is 9.98. The minimum absolute atomic E-state index is 0.141. The van der Waals surface area contributed by atoms with E-state index in [4.69, 9.17) is 0 Å². The molecule has 0 radical (unpaired) electrons. The Bertz CT molecular complexity index is 300. The van der Waals surface area contributed by atoms with E-state index in [2.05, 4.69) is 6.92 Å². The first-order valence-corrected chi connectivity index (χ1v) is 9.98. The fourth-order valence-electron chi connectivity index (χ4n) is 3.45. The fourth-order valence-corrected chi connectivity index (χ4v) is 3.45. The highest BCUT2D eigenvalue weighted by Gasteiger charge is 2.34. The second kappa shape index (κ2) is 10.4. The van der Waals surface area contributed by atoms with Crippen LogP contribution < -0.4 is 0 Å². The monoisotopic (exact) mass is 308 g/mol. The molecular formula is C21H40O. The van der Waals surface area contributed by atoms with Crippen molar-refractivity contribution in [1.82, 2.24) is 0 Å². The van der Waals surface area contributed by atoms with Crippen LogP contribution in [0, 0.1) is 17.3 Å². The number of ketones is 1. The lowest BCUT2D eigenvalue weighted by atomic mass is 9.88. The first kappa shape index (κ1) is 19.7. The largest absolute Gasteiger partial charge is 0.299 e. The summed E-state index contributed by atoms with van der Waals surface area (Å²) in [5.41, 5.74) is -0.141. The predicted octanol–water partition coefficient (Wildman–Crippen LogP) is 6.94. The van der Waals surface area contributed by atoms with Gasteiger partial charge in [0.15, 0.2) is 0 Å². The van der Waals surface area contributed by atoms with Gasteiger partial charge < -0.3 is 0 Å². The third-order valence-corrected chi connectivity index (χ3v) is 5.31. The quantitative estimate of drug-likeness (QED) is 0.337. The van der Waals surface area contributed by atoms with Crippen LogP contribution in [-0.4, -0.2) is 5.78 Å². The Hall–Kier alpha value is -0.330. The molecule has 2 unspecified atom stereocenters. The molecule has 2 atom stereocenters. The number of carbonyl (C=O) groups is 1. The van der Waals surface area contributed by atoms with Crippen LogP contribution in [0.25, 0.3) is 0 Å². The number of hydrogen-bond donors (Lipinski definition) is 0. The Morgan fingerprint density at radius 3 is 1.86 bits per heavy atom. The van der Waals surface area contributed by atoms with Gasteiger partial charge in [-0.2, -0.15) is 0 Å². The molecule has 0 N–H and O–H groups in total. The van der Waals surface area contributed by atoms with E-state index in [-0.39, 0.29) is 5.41 Å². The van der Waals surface area contributed by atoms with Crippen LogP contribution >= 0.6 is 0 Å². The molecule has 1 heteroatoms. The zero-order chi connectivity index (χ0) is 16.4. The lowest BCUT2D eigenvalue weighted by Gasteiger charge is -2.16. The second-order valence-electron chi connectivity index (χ2n) is 8.58. The van der Waals surface area contributed by atoms with Gasteiger partial charge in [-0.1, -0.05) is 91.9 Å². The molecule has 0 amide bonds. The summed E-state index contributed by atoms with van der Waals surface area (Å²) in [5, 5.41) is 0. The molecule has 130 valence electrons. The number of hydrogen-bond acceptors (Lipinski definition) is 1. The first-order chi connectivity index (χ1) is 10.4. The molecule has 1 aliphatic carbocycles. The number of rotatable bonds is 13. The van der Waals surface area contributed by atoms with Crippen molar-refractivity contribution in [2.24, 2.45) is 17.3 Å². The van der Waals surface area contributed by atoms with Crippen LogP contribution in [0.1, 0.15) is 111 Å². The molecule has 0 saturated heterocycles. The number of unbranched alkanes of at least 4 members (excludes halogenated alkanes) is 7. The van der Waals surface area contributed by atoms with Crippen molar-refractivity contribution in [3.63, 3.8) is 0 Å². The summed E-state index contributed by atoms with van der Waals surface area (Å²) in [6.45, 7) is 8.38. The average Bonchev–Trinajstić information content (AvgIpc) is 3.20. The minimum atomic E-state index is -0.141. The van der Waals surface area contributed by atoms with E-state index in [0.717, 1.165) is 24.7 Å². The Morgan fingerprint density at radius 2 is 1.32 bits per heavy atom. The standard InChI is InChI=1S/C21H40O/c1-5-6-7-11-14-18-17-19(18)15-12-9-8-10-13-16-20(22)21(2,3)4/h18-19H,5-17H2,1-4H3. The van der Waals surface area contributed by atoms with Gasteiger partial charge >= 0.3 is 0 Å². The maximum absolute atomic E-state index is 11.8. The Kier molecular flexibility index (Phi) is 9.36.